The van der Waals surface area contributed by atoms with Gasteiger partial charge in [0.25, 0.3) is 0 Å². The van der Waals surface area contributed by atoms with Crippen LogP contribution in [0, 0.1) is 0 Å². The Morgan fingerprint density at radius 2 is 2.07 bits per heavy atom. The third-order valence-electron chi connectivity index (χ3n) is 2.16. The fraction of sp³-hybridized carbons (Fsp3) is 0.455. The molecule has 0 aliphatic rings. The minimum atomic E-state index is 0.565. The molecule has 0 N–H and O–H groups in total. The van der Waals surface area contributed by atoms with E-state index in [1.54, 1.807) is 7.11 Å². The Hall–Kier alpha value is -0.730. The Labute approximate surface area is 90.4 Å². The number of methoxy groups -OCH3 is 1. The number of halogens is 1. The van der Waals surface area contributed by atoms with Crippen LogP contribution in [-0.4, -0.2) is 31.6 Å². The highest BCUT2D eigenvalue weighted by molar-refractivity contribution is 6.17. The molecule has 0 amide bonds. The molecule has 0 bridgehead atoms. The first-order valence-corrected chi connectivity index (χ1v) is 5.17. The Kier molecular flexibility index (Phi) is 4.77. The van der Waals surface area contributed by atoms with Crippen LogP contribution in [0.1, 0.15) is 5.56 Å². The molecule has 2 nitrogen and oxygen atoms in total. The molecule has 0 aliphatic heterocycles. The number of hydrogen-bond donors (Lipinski definition) is 0. The van der Waals surface area contributed by atoms with Gasteiger partial charge in [-0.2, -0.15) is 0 Å². The first kappa shape index (κ1) is 11.3. The van der Waals surface area contributed by atoms with E-state index in [4.69, 9.17) is 16.3 Å². The highest BCUT2D eigenvalue weighted by Gasteiger charge is 2.02. The number of likely N-dealkylation sites (N-methyl/N-ethyl adjacent to an activating group) is 1. The minimum Gasteiger partial charge on any atom is -0.496 e. The summed E-state index contributed by atoms with van der Waals surface area (Å²) in [7, 11) is 3.70. The van der Waals surface area contributed by atoms with Crippen molar-refractivity contribution in [3.8, 4) is 5.75 Å². The number of rotatable bonds is 5. The predicted octanol–water partition coefficient (Wildman–Crippen LogP) is 2.37. The standard InChI is InChI=1S/C11H16ClNO/c1-13(9-12)8-7-10-5-3-4-6-11(10)14-2/h3-6H,7-9H2,1-2H3. The minimum absolute atomic E-state index is 0.565. The molecule has 0 atom stereocenters. The molecule has 0 aromatic heterocycles. The van der Waals surface area contributed by atoms with Crippen LogP contribution in [0.15, 0.2) is 24.3 Å². The number of benzene rings is 1. The molecule has 0 aliphatic carbocycles. The number of para-hydroxylation sites is 1. The smallest absolute Gasteiger partial charge is 0.122 e. The van der Waals surface area contributed by atoms with Gasteiger partial charge >= 0.3 is 0 Å². The first-order valence-electron chi connectivity index (χ1n) is 4.64. The Morgan fingerprint density at radius 1 is 1.36 bits per heavy atom. The van der Waals surface area contributed by atoms with Gasteiger partial charge in [-0.1, -0.05) is 18.2 Å². The molecule has 0 saturated carbocycles. The quantitative estimate of drug-likeness (QED) is 0.550. The third-order valence-corrected chi connectivity index (χ3v) is 2.57. The summed E-state index contributed by atoms with van der Waals surface area (Å²) in [6.45, 7) is 0.948. The Bertz CT molecular complexity index is 278. The van der Waals surface area contributed by atoms with E-state index in [0.717, 1.165) is 18.7 Å². The summed E-state index contributed by atoms with van der Waals surface area (Å²) < 4.78 is 5.26. The van der Waals surface area contributed by atoms with E-state index < -0.39 is 0 Å². The summed E-state index contributed by atoms with van der Waals surface area (Å²) >= 11 is 5.69. The van der Waals surface area contributed by atoms with Crippen LogP contribution in [0.5, 0.6) is 5.75 Å². The SMILES string of the molecule is COc1ccccc1CCN(C)CCl. The highest BCUT2D eigenvalue weighted by Crippen LogP contribution is 2.17. The highest BCUT2D eigenvalue weighted by atomic mass is 35.5. The van der Waals surface area contributed by atoms with Crippen molar-refractivity contribution in [2.45, 2.75) is 6.42 Å². The molecule has 0 saturated heterocycles. The molecule has 14 heavy (non-hydrogen) atoms. The van der Waals surface area contributed by atoms with E-state index in [-0.39, 0.29) is 0 Å². The lowest BCUT2D eigenvalue weighted by molar-refractivity contribution is 0.381. The van der Waals surface area contributed by atoms with Crippen molar-refractivity contribution in [1.82, 2.24) is 4.90 Å². The van der Waals surface area contributed by atoms with Gasteiger partial charge in [0.15, 0.2) is 0 Å². The Balaban J connectivity index is 2.57. The van der Waals surface area contributed by atoms with Gasteiger partial charge in [0.1, 0.15) is 5.75 Å². The third kappa shape index (κ3) is 3.20. The van der Waals surface area contributed by atoms with Gasteiger partial charge in [0.2, 0.25) is 0 Å². The van der Waals surface area contributed by atoms with Crippen LogP contribution in [0.3, 0.4) is 0 Å². The van der Waals surface area contributed by atoms with Gasteiger partial charge in [-0.25, -0.2) is 0 Å². The average molecular weight is 214 g/mol. The first-order chi connectivity index (χ1) is 6.77. The van der Waals surface area contributed by atoms with E-state index in [1.807, 2.05) is 25.2 Å². The zero-order valence-corrected chi connectivity index (χ0v) is 9.42. The van der Waals surface area contributed by atoms with Gasteiger partial charge in [-0.3, -0.25) is 4.90 Å². The zero-order valence-electron chi connectivity index (χ0n) is 8.66. The topological polar surface area (TPSA) is 12.5 Å². The molecule has 3 heteroatoms. The van der Waals surface area contributed by atoms with E-state index in [2.05, 4.69) is 11.0 Å². The molecule has 0 heterocycles. The van der Waals surface area contributed by atoms with E-state index in [9.17, 15) is 0 Å². The average Bonchev–Trinajstić information content (AvgIpc) is 2.26. The van der Waals surface area contributed by atoms with Gasteiger partial charge in [-0.05, 0) is 25.1 Å². The molecule has 0 spiro atoms. The fourth-order valence-electron chi connectivity index (χ4n) is 1.28. The van der Waals surface area contributed by atoms with Gasteiger partial charge in [0.05, 0.1) is 13.1 Å². The van der Waals surface area contributed by atoms with Crippen LogP contribution < -0.4 is 4.74 Å². The maximum Gasteiger partial charge on any atom is 0.122 e. The molecular weight excluding hydrogens is 198 g/mol. The fourth-order valence-corrected chi connectivity index (χ4v) is 1.40. The Morgan fingerprint density at radius 3 is 2.71 bits per heavy atom. The summed E-state index contributed by atoms with van der Waals surface area (Å²) in [5, 5.41) is 0. The maximum absolute atomic E-state index is 5.69. The summed E-state index contributed by atoms with van der Waals surface area (Å²) in [6.07, 6.45) is 0.966. The molecule has 1 aromatic rings. The second kappa shape index (κ2) is 5.89. The lowest BCUT2D eigenvalue weighted by Gasteiger charge is -2.13. The predicted molar refractivity (Wildman–Crippen MR) is 60.0 cm³/mol. The van der Waals surface area contributed by atoms with Crippen molar-refractivity contribution >= 4 is 11.6 Å². The molecule has 78 valence electrons. The number of ether oxygens (including phenoxy) is 1. The van der Waals surface area contributed by atoms with Gasteiger partial charge in [0, 0.05) is 6.54 Å². The van der Waals surface area contributed by atoms with E-state index in [1.165, 1.54) is 5.56 Å². The summed E-state index contributed by atoms with van der Waals surface area (Å²) in [5.41, 5.74) is 1.23. The van der Waals surface area contributed by atoms with E-state index >= 15 is 0 Å². The molecule has 0 unspecified atom stereocenters. The van der Waals surface area contributed by atoms with Gasteiger partial charge in [-0.15, -0.1) is 11.6 Å². The normalized spacial score (nSPS) is 10.6. The maximum atomic E-state index is 5.69. The second-order valence-electron chi connectivity index (χ2n) is 3.26. The van der Waals surface area contributed by atoms with Crippen molar-refractivity contribution in [3.63, 3.8) is 0 Å². The van der Waals surface area contributed by atoms with Crippen LogP contribution in [0.25, 0.3) is 0 Å². The second-order valence-corrected chi connectivity index (χ2v) is 3.50. The lowest BCUT2D eigenvalue weighted by atomic mass is 10.1. The van der Waals surface area contributed by atoms with Crippen molar-refractivity contribution in [2.24, 2.45) is 0 Å². The number of alkyl halides is 1. The van der Waals surface area contributed by atoms with Crippen LogP contribution >= 0.6 is 11.6 Å². The summed E-state index contributed by atoms with van der Waals surface area (Å²) in [4.78, 5) is 2.06. The summed E-state index contributed by atoms with van der Waals surface area (Å²) in [5.74, 6) is 0.954. The van der Waals surface area contributed by atoms with Crippen molar-refractivity contribution < 1.29 is 4.74 Å². The molecule has 0 radical (unpaired) electrons. The van der Waals surface area contributed by atoms with Crippen LogP contribution in [0.4, 0.5) is 0 Å². The van der Waals surface area contributed by atoms with Gasteiger partial charge < -0.3 is 4.74 Å². The van der Waals surface area contributed by atoms with E-state index in [0.29, 0.717) is 6.00 Å². The molecular formula is C11H16ClNO. The van der Waals surface area contributed by atoms with Crippen molar-refractivity contribution in [1.29, 1.82) is 0 Å². The monoisotopic (exact) mass is 213 g/mol. The largest absolute Gasteiger partial charge is 0.496 e. The molecule has 1 rings (SSSR count). The van der Waals surface area contributed by atoms with Crippen molar-refractivity contribution in [2.75, 3.05) is 26.7 Å². The number of nitrogens with zero attached hydrogens (tertiary/aromatic N) is 1. The lowest BCUT2D eigenvalue weighted by Crippen LogP contribution is -2.19. The molecule has 1 aromatic carbocycles. The molecule has 0 fully saturated rings. The summed E-state index contributed by atoms with van der Waals surface area (Å²) in [6, 6.07) is 8.64. The zero-order chi connectivity index (χ0) is 10.4. The van der Waals surface area contributed by atoms with Crippen LogP contribution in [0.2, 0.25) is 0 Å². The van der Waals surface area contributed by atoms with Crippen molar-refractivity contribution in [3.05, 3.63) is 29.8 Å². The number of hydrogen-bond acceptors (Lipinski definition) is 2. The van der Waals surface area contributed by atoms with Crippen LogP contribution in [-0.2, 0) is 6.42 Å².